The molecule has 0 bridgehead atoms. The minimum absolute atomic E-state index is 0.000883. The highest BCUT2D eigenvalue weighted by Gasteiger charge is 2.31. The van der Waals surface area contributed by atoms with Gasteiger partial charge >= 0.3 is 12.1 Å². The molecule has 0 radical (unpaired) electrons. The highest BCUT2D eigenvalue weighted by atomic mass is 16.6. The molecule has 1 fully saturated rings. The molecule has 9 nitrogen and oxygen atoms in total. The number of azide groups is 1. The summed E-state index contributed by atoms with van der Waals surface area (Å²) in [4.78, 5) is 31.7. The quantitative estimate of drug-likeness (QED) is 0.244. The fraction of sp³-hybridized carbons (Fsp3) is 0.310. The number of amides is 1. The summed E-state index contributed by atoms with van der Waals surface area (Å²) in [5.74, 6) is -1.06. The van der Waals surface area contributed by atoms with Crippen LogP contribution >= 0.6 is 0 Å². The minimum atomic E-state index is -1.06. The summed E-state index contributed by atoms with van der Waals surface area (Å²) in [6.45, 7) is 7.41. The Bertz CT molecular complexity index is 1410. The molecule has 0 aromatic heterocycles. The lowest BCUT2D eigenvalue weighted by Gasteiger charge is -2.38. The molecular weight excluding hydrogens is 482 g/mol. The van der Waals surface area contributed by atoms with Crippen LogP contribution in [0.25, 0.3) is 21.6 Å². The Labute approximate surface area is 220 Å². The number of aromatic carboxylic acids is 1. The number of hydrogen-bond acceptors (Lipinski definition) is 5. The van der Waals surface area contributed by atoms with Gasteiger partial charge in [0.25, 0.3) is 0 Å². The smallest absolute Gasteiger partial charge is 0.409 e. The maximum atomic E-state index is 13.0. The van der Waals surface area contributed by atoms with Crippen molar-refractivity contribution in [2.45, 2.75) is 26.7 Å². The van der Waals surface area contributed by atoms with Gasteiger partial charge in [-0.05, 0) is 65.2 Å². The van der Waals surface area contributed by atoms with Crippen LogP contribution in [0.2, 0.25) is 0 Å². The fourth-order valence-corrected chi connectivity index (χ4v) is 5.98. The van der Waals surface area contributed by atoms with Crippen molar-refractivity contribution >= 4 is 23.4 Å². The normalized spacial score (nSPS) is 14.5. The molecule has 3 aromatic rings. The predicted octanol–water partition coefficient (Wildman–Crippen LogP) is 6.32. The fourth-order valence-electron chi connectivity index (χ4n) is 5.98. The van der Waals surface area contributed by atoms with E-state index in [4.69, 9.17) is 10.3 Å². The average molecular weight is 512 g/mol. The van der Waals surface area contributed by atoms with Crippen molar-refractivity contribution in [1.29, 1.82) is 0 Å². The molecule has 1 N–H and O–H groups in total. The van der Waals surface area contributed by atoms with Gasteiger partial charge in [0.15, 0.2) is 0 Å². The number of carbonyl (C=O) groups is 2. The van der Waals surface area contributed by atoms with Crippen molar-refractivity contribution in [3.63, 3.8) is 0 Å². The molecular formula is C29H29N5O4. The highest BCUT2D eigenvalue weighted by Crippen LogP contribution is 2.44. The van der Waals surface area contributed by atoms with Gasteiger partial charge in [-0.2, -0.15) is 0 Å². The van der Waals surface area contributed by atoms with Crippen molar-refractivity contribution in [3.8, 4) is 11.1 Å². The number of hydrogen-bond donors (Lipinski definition) is 1. The van der Waals surface area contributed by atoms with Crippen LogP contribution in [0.5, 0.6) is 0 Å². The van der Waals surface area contributed by atoms with Gasteiger partial charge in [0, 0.05) is 48.4 Å². The van der Waals surface area contributed by atoms with Crippen molar-refractivity contribution in [2.24, 2.45) is 5.11 Å². The van der Waals surface area contributed by atoms with E-state index >= 15 is 0 Å². The van der Waals surface area contributed by atoms with E-state index in [-0.39, 0.29) is 24.2 Å². The Morgan fingerprint density at radius 3 is 2.08 bits per heavy atom. The third kappa shape index (κ3) is 4.21. The first-order valence-corrected chi connectivity index (χ1v) is 12.6. The van der Waals surface area contributed by atoms with Gasteiger partial charge in [0.1, 0.15) is 6.61 Å². The van der Waals surface area contributed by atoms with Crippen molar-refractivity contribution in [2.75, 3.05) is 37.7 Å². The molecule has 9 heteroatoms. The highest BCUT2D eigenvalue weighted by molar-refractivity contribution is 5.96. The van der Waals surface area contributed by atoms with Gasteiger partial charge in [0.2, 0.25) is 0 Å². The van der Waals surface area contributed by atoms with Crippen LogP contribution in [0.3, 0.4) is 0 Å². The number of carboxylic acids is 1. The molecule has 38 heavy (non-hydrogen) atoms. The Hall–Kier alpha value is -4.49. The van der Waals surface area contributed by atoms with E-state index in [2.05, 4.69) is 39.2 Å². The van der Waals surface area contributed by atoms with Crippen LogP contribution in [-0.2, 0) is 4.74 Å². The van der Waals surface area contributed by atoms with Gasteiger partial charge in [-0.3, -0.25) is 0 Å². The Kier molecular flexibility index (Phi) is 6.70. The number of nitrogens with zero attached hydrogens (tertiary/aromatic N) is 5. The summed E-state index contributed by atoms with van der Waals surface area (Å²) in [7, 11) is 0. The van der Waals surface area contributed by atoms with E-state index in [1.165, 1.54) is 22.3 Å². The molecule has 0 saturated carbocycles. The molecule has 1 saturated heterocycles. The van der Waals surface area contributed by atoms with Crippen LogP contribution < -0.4 is 4.90 Å². The minimum Gasteiger partial charge on any atom is -0.478 e. The number of fused-ring (bicyclic) bond motifs is 3. The zero-order valence-corrected chi connectivity index (χ0v) is 21.6. The molecule has 1 aliphatic carbocycles. The van der Waals surface area contributed by atoms with E-state index in [0.717, 1.165) is 11.3 Å². The largest absolute Gasteiger partial charge is 0.478 e. The monoisotopic (exact) mass is 511 g/mol. The number of anilines is 1. The molecule has 3 aromatic carbocycles. The molecule has 0 spiro atoms. The van der Waals surface area contributed by atoms with Crippen LogP contribution in [-0.4, -0.2) is 54.9 Å². The third-order valence-electron chi connectivity index (χ3n) is 7.72. The average Bonchev–Trinajstić information content (AvgIpc) is 3.23. The molecule has 1 amide bonds. The van der Waals surface area contributed by atoms with E-state index in [0.29, 0.717) is 43.0 Å². The predicted molar refractivity (Wildman–Crippen MR) is 145 cm³/mol. The van der Waals surface area contributed by atoms with Crippen LogP contribution in [0, 0.1) is 20.8 Å². The van der Waals surface area contributed by atoms with E-state index in [1.807, 2.05) is 31.2 Å². The first-order chi connectivity index (χ1) is 18.3. The summed E-state index contributed by atoms with van der Waals surface area (Å²) in [5, 5.41) is 13.6. The second-order valence-corrected chi connectivity index (χ2v) is 9.72. The lowest BCUT2D eigenvalue weighted by Crippen LogP contribution is -2.49. The SMILES string of the molecule is Cc1c(N=[N+]=[N-])c(C)c(N2CCN(C(=O)OCC3c4ccccc4-c4ccccc43)CC2)c(C)c1C(=O)O. The summed E-state index contributed by atoms with van der Waals surface area (Å²) in [5.41, 5.74) is 16.8. The second-order valence-electron chi connectivity index (χ2n) is 9.72. The number of piperazine rings is 1. The lowest BCUT2D eigenvalue weighted by atomic mass is 9.94. The molecule has 1 heterocycles. The molecule has 194 valence electrons. The first kappa shape index (κ1) is 25.2. The summed E-state index contributed by atoms with van der Waals surface area (Å²) in [6.07, 6.45) is -0.357. The number of carbonyl (C=O) groups excluding carboxylic acids is 1. The summed E-state index contributed by atoms with van der Waals surface area (Å²) in [6, 6.07) is 16.5. The summed E-state index contributed by atoms with van der Waals surface area (Å²) < 4.78 is 5.82. The third-order valence-corrected chi connectivity index (χ3v) is 7.72. The number of ether oxygens (including phenoxy) is 1. The number of benzene rings is 3. The zero-order valence-electron chi connectivity index (χ0n) is 21.6. The molecule has 2 aliphatic rings. The van der Waals surface area contributed by atoms with Crippen molar-refractivity contribution in [3.05, 3.63) is 92.4 Å². The Morgan fingerprint density at radius 2 is 1.53 bits per heavy atom. The van der Waals surface area contributed by atoms with Crippen molar-refractivity contribution < 1.29 is 19.4 Å². The van der Waals surface area contributed by atoms with Gasteiger partial charge in [-0.25, -0.2) is 9.59 Å². The maximum absolute atomic E-state index is 13.0. The van der Waals surface area contributed by atoms with Crippen LogP contribution in [0.15, 0.2) is 53.6 Å². The first-order valence-electron chi connectivity index (χ1n) is 12.6. The summed E-state index contributed by atoms with van der Waals surface area (Å²) >= 11 is 0. The number of rotatable bonds is 5. The molecule has 0 atom stereocenters. The van der Waals surface area contributed by atoms with Crippen LogP contribution in [0.1, 0.15) is 44.1 Å². The molecule has 5 rings (SSSR count). The second kappa shape index (κ2) is 10.1. The van der Waals surface area contributed by atoms with Gasteiger partial charge in [-0.1, -0.05) is 53.6 Å². The Balaban J connectivity index is 1.29. The van der Waals surface area contributed by atoms with Crippen molar-refractivity contribution in [1.82, 2.24) is 4.90 Å². The topological polar surface area (TPSA) is 119 Å². The molecule has 1 aliphatic heterocycles. The van der Waals surface area contributed by atoms with E-state index in [9.17, 15) is 14.7 Å². The van der Waals surface area contributed by atoms with E-state index in [1.54, 1.807) is 18.7 Å². The lowest BCUT2D eigenvalue weighted by molar-refractivity contribution is 0.0695. The van der Waals surface area contributed by atoms with Gasteiger partial charge in [0.05, 0.1) is 5.56 Å². The number of carboxylic acid groups (broad SMARTS) is 1. The van der Waals surface area contributed by atoms with Gasteiger partial charge < -0.3 is 19.6 Å². The molecule has 0 unspecified atom stereocenters. The standard InChI is InChI=1S/C29H29N5O4/c1-17-25(28(35)36)18(2)27(19(3)26(17)31-32-30)33-12-14-34(15-13-33)29(37)38-16-24-22-10-6-4-8-20(22)21-9-5-7-11-23(21)24/h4-11,24H,12-16H2,1-3H3,(H,35,36). The van der Waals surface area contributed by atoms with Gasteiger partial charge in [-0.15, -0.1) is 0 Å². The maximum Gasteiger partial charge on any atom is 0.409 e. The van der Waals surface area contributed by atoms with E-state index < -0.39 is 5.97 Å². The van der Waals surface area contributed by atoms with Crippen LogP contribution in [0.4, 0.5) is 16.2 Å². The Morgan fingerprint density at radius 1 is 0.947 bits per heavy atom. The zero-order chi connectivity index (χ0) is 27.0.